The second kappa shape index (κ2) is 32.8. The Morgan fingerprint density at radius 2 is 1.09 bits per heavy atom. The molecule has 0 unspecified atom stereocenters. The van der Waals surface area contributed by atoms with E-state index in [-0.39, 0.29) is 13.2 Å². The van der Waals surface area contributed by atoms with Gasteiger partial charge in [0.15, 0.2) is 0 Å². The van der Waals surface area contributed by atoms with E-state index in [1.807, 2.05) is 0 Å². The third kappa shape index (κ3) is 179. The van der Waals surface area contributed by atoms with Crippen molar-refractivity contribution in [2.75, 3.05) is 34.2 Å². The first-order chi connectivity index (χ1) is 5.24. The number of rotatable bonds is 2. The van der Waals surface area contributed by atoms with Crippen molar-refractivity contribution in [3.05, 3.63) is 0 Å². The smallest absolute Gasteiger partial charge is 0.145 e. The fourth-order valence-electron chi connectivity index (χ4n) is 0.118. The minimum atomic E-state index is 0.250. The van der Waals surface area contributed by atoms with Crippen molar-refractivity contribution in [3.63, 3.8) is 0 Å². The Balaban J connectivity index is -0.0000000933. The lowest BCUT2D eigenvalue weighted by Crippen LogP contribution is -1.87. The van der Waals surface area contributed by atoms with Gasteiger partial charge in [0.05, 0.1) is 0 Å². The van der Waals surface area contributed by atoms with E-state index in [0.717, 1.165) is 0 Å². The fraction of sp³-hybridized carbons (Fsp3) is 1.00. The van der Waals surface area contributed by atoms with Crippen LogP contribution in [-0.2, 0) is 9.47 Å². The van der Waals surface area contributed by atoms with E-state index >= 15 is 0 Å². The molecule has 0 aromatic heterocycles. The Morgan fingerprint density at radius 1 is 0.909 bits per heavy atom. The van der Waals surface area contributed by atoms with Crippen LogP contribution in [0.15, 0.2) is 0 Å². The third-order valence-corrected chi connectivity index (χ3v) is 0.236. The second-order valence-corrected chi connectivity index (χ2v) is 1.33. The van der Waals surface area contributed by atoms with E-state index in [4.69, 9.17) is 10.2 Å². The molecule has 0 saturated heterocycles. The first kappa shape index (κ1) is 17.1. The van der Waals surface area contributed by atoms with Gasteiger partial charge in [-0.2, -0.15) is 0 Å². The van der Waals surface area contributed by atoms with E-state index < -0.39 is 0 Å². The van der Waals surface area contributed by atoms with Gasteiger partial charge >= 0.3 is 0 Å². The van der Waals surface area contributed by atoms with Crippen LogP contribution in [0.3, 0.4) is 0 Å². The maximum absolute atomic E-state index is 7.57. The summed E-state index contributed by atoms with van der Waals surface area (Å²) in [7, 11) is 3.17. The van der Waals surface area contributed by atoms with E-state index in [0.29, 0.717) is 6.79 Å². The maximum atomic E-state index is 7.57. The van der Waals surface area contributed by atoms with Crippen molar-refractivity contribution in [1.29, 1.82) is 0 Å². The Hall–Kier alpha value is -0.160. The molecule has 11 heavy (non-hydrogen) atoms. The molecule has 0 aromatic carbocycles. The molecule has 0 radical (unpaired) electrons. The van der Waals surface area contributed by atoms with Gasteiger partial charge in [0, 0.05) is 27.4 Å². The van der Waals surface area contributed by atoms with Crippen LogP contribution in [0.4, 0.5) is 0 Å². The molecule has 0 saturated carbocycles. The first-order valence-corrected chi connectivity index (χ1v) is 3.44. The third-order valence-electron chi connectivity index (χ3n) is 0.236. The Bertz CT molecular complexity index is 29.6. The number of ether oxygens (including phenoxy) is 2. The summed E-state index contributed by atoms with van der Waals surface area (Å²) in [5.74, 6) is 0. The molecule has 0 atom stereocenters. The van der Waals surface area contributed by atoms with Gasteiger partial charge in [-0.25, -0.2) is 0 Å². The highest BCUT2D eigenvalue weighted by Crippen LogP contribution is 1.60. The summed E-state index contributed by atoms with van der Waals surface area (Å²) in [6.45, 7) is 4.25. The van der Waals surface area contributed by atoms with Crippen LogP contribution in [0.25, 0.3) is 0 Å². The summed E-state index contributed by atoms with van der Waals surface area (Å²) in [6.07, 6.45) is 0. The average Bonchev–Trinajstić information content (AvgIpc) is 1.92. The van der Waals surface area contributed by atoms with E-state index in [9.17, 15) is 0 Å². The molecule has 0 aromatic rings. The summed E-state index contributed by atoms with van der Waals surface area (Å²) in [6, 6.07) is 0. The van der Waals surface area contributed by atoms with E-state index in [1.54, 1.807) is 28.1 Å². The summed E-state index contributed by atoms with van der Waals surface area (Å²) < 4.78 is 8.94. The largest absolute Gasteiger partial charge is 0.397 e. The first-order valence-electron chi connectivity index (χ1n) is 3.44. The van der Waals surface area contributed by atoms with Gasteiger partial charge in [-0.3, -0.25) is 0 Å². The van der Waals surface area contributed by atoms with Gasteiger partial charge in [0.2, 0.25) is 0 Å². The molecule has 0 amide bonds. The molecular formula is C7H20O4. The van der Waals surface area contributed by atoms with Crippen molar-refractivity contribution < 1.29 is 19.7 Å². The van der Waals surface area contributed by atoms with Gasteiger partial charge in [0.1, 0.15) is 6.79 Å². The molecule has 72 valence electrons. The van der Waals surface area contributed by atoms with Crippen LogP contribution < -0.4 is 0 Å². The van der Waals surface area contributed by atoms with Crippen LogP contribution in [0.2, 0.25) is 0 Å². The highest BCUT2D eigenvalue weighted by atomic mass is 16.6. The van der Waals surface area contributed by atoms with Gasteiger partial charge in [-0.1, -0.05) is 0 Å². The highest BCUT2D eigenvalue weighted by molar-refractivity contribution is 3.85. The molecule has 0 bridgehead atoms. The predicted octanol–water partition coefficient (Wildman–Crippen LogP) is 0.234. The summed E-state index contributed by atoms with van der Waals surface area (Å²) in [4.78, 5) is 0. The SMILES string of the molecule is CCO.CCO.COCOC. The molecule has 0 heterocycles. The molecular weight excluding hydrogens is 148 g/mol. The average molecular weight is 168 g/mol. The summed E-state index contributed by atoms with van der Waals surface area (Å²) in [5, 5.41) is 15.1. The van der Waals surface area contributed by atoms with Crippen LogP contribution >= 0.6 is 0 Å². The Kier molecular flexibility index (Phi) is 51.0. The number of aliphatic hydroxyl groups excluding tert-OH is 2. The molecule has 0 fully saturated rings. The fourth-order valence-corrected chi connectivity index (χ4v) is 0.118. The van der Waals surface area contributed by atoms with Crippen LogP contribution in [0.5, 0.6) is 0 Å². The van der Waals surface area contributed by atoms with Crippen molar-refractivity contribution in [2.45, 2.75) is 13.8 Å². The quantitative estimate of drug-likeness (QED) is 0.580. The molecule has 0 spiro atoms. The second-order valence-electron chi connectivity index (χ2n) is 1.33. The predicted molar refractivity (Wildman–Crippen MR) is 44.4 cm³/mol. The minimum Gasteiger partial charge on any atom is -0.397 e. The van der Waals surface area contributed by atoms with Gasteiger partial charge in [-0.05, 0) is 13.8 Å². The topological polar surface area (TPSA) is 58.9 Å². The minimum absolute atomic E-state index is 0.250. The zero-order valence-electron chi connectivity index (χ0n) is 7.83. The molecule has 2 N–H and O–H groups in total. The molecule has 4 heteroatoms. The van der Waals surface area contributed by atoms with Crippen molar-refractivity contribution in [1.82, 2.24) is 0 Å². The van der Waals surface area contributed by atoms with Gasteiger partial charge in [-0.15, -0.1) is 0 Å². The molecule has 0 aliphatic heterocycles. The monoisotopic (exact) mass is 168 g/mol. The normalized spacial score (nSPS) is 7.09. The Labute approximate surface area is 68.8 Å². The lowest BCUT2D eigenvalue weighted by molar-refractivity contribution is -0.00271. The highest BCUT2D eigenvalue weighted by Gasteiger charge is 1.63. The van der Waals surface area contributed by atoms with Crippen LogP contribution in [0, 0.1) is 0 Å². The zero-order chi connectivity index (χ0) is 9.54. The molecule has 4 nitrogen and oxygen atoms in total. The van der Waals surface area contributed by atoms with Crippen molar-refractivity contribution >= 4 is 0 Å². The van der Waals surface area contributed by atoms with Crippen molar-refractivity contribution in [3.8, 4) is 0 Å². The molecule has 0 rings (SSSR count). The number of hydrogen-bond acceptors (Lipinski definition) is 4. The molecule has 0 aliphatic carbocycles. The number of methoxy groups -OCH3 is 2. The van der Waals surface area contributed by atoms with Crippen LogP contribution in [0.1, 0.15) is 13.8 Å². The van der Waals surface area contributed by atoms with Crippen LogP contribution in [-0.4, -0.2) is 44.4 Å². The summed E-state index contributed by atoms with van der Waals surface area (Å²) >= 11 is 0. The Morgan fingerprint density at radius 3 is 1.09 bits per heavy atom. The van der Waals surface area contributed by atoms with E-state index in [2.05, 4.69) is 9.47 Å². The zero-order valence-corrected chi connectivity index (χ0v) is 7.83. The van der Waals surface area contributed by atoms with Gasteiger partial charge < -0.3 is 19.7 Å². The standard InChI is InChI=1S/C3H8O2.2C2H6O/c1-4-3-5-2;2*1-2-3/h3H2,1-2H3;2*3H,2H2,1H3. The molecule has 0 aliphatic rings. The number of hydrogen-bond donors (Lipinski definition) is 2. The lowest BCUT2D eigenvalue weighted by Gasteiger charge is -1.87. The summed E-state index contributed by atoms with van der Waals surface area (Å²) in [5.41, 5.74) is 0. The number of aliphatic hydroxyl groups is 2. The van der Waals surface area contributed by atoms with Crippen molar-refractivity contribution in [2.24, 2.45) is 0 Å². The van der Waals surface area contributed by atoms with E-state index in [1.165, 1.54) is 0 Å². The van der Waals surface area contributed by atoms with Gasteiger partial charge in [0.25, 0.3) is 0 Å². The maximum Gasteiger partial charge on any atom is 0.145 e. The lowest BCUT2D eigenvalue weighted by atomic mass is 10.9.